The van der Waals surface area contributed by atoms with Gasteiger partial charge >= 0.3 is 0 Å². The molecule has 1 aromatic rings. The molecule has 0 aromatic carbocycles. The first-order valence-electron chi connectivity index (χ1n) is 4.48. The normalized spacial score (nSPS) is 11.4. The monoisotopic (exact) mass is 264 g/mol. The van der Waals surface area contributed by atoms with Crippen LogP contribution in [0.5, 0.6) is 0 Å². The van der Waals surface area contributed by atoms with E-state index in [-0.39, 0.29) is 6.54 Å². The van der Waals surface area contributed by atoms with Crippen molar-refractivity contribution in [1.29, 1.82) is 0 Å². The Hall–Kier alpha value is -1.05. The fourth-order valence-corrected chi connectivity index (χ4v) is 1.72. The first-order chi connectivity index (χ1) is 7.37. The summed E-state index contributed by atoms with van der Waals surface area (Å²) in [5.41, 5.74) is 6.06. The zero-order chi connectivity index (χ0) is 12.2. The lowest BCUT2D eigenvalue weighted by molar-refractivity contribution is 0.589. The number of anilines is 2. The number of halogens is 1. The summed E-state index contributed by atoms with van der Waals surface area (Å²) in [6, 6.07) is 3.15. The topological polar surface area (TPSA) is 97.1 Å². The van der Waals surface area contributed by atoms with Crippen LogP contribution in [-0.4, -0.2) is 32.7 Å². The van der Waals surface area contributed by atoms with Crippen molar-refractivity contribution in [2.45, 2.75) is 0 Å². The quantitative estimate of drug-likeness (QED) is 0.524. The summed E-state index contributed by atoms with van der Waals surface area (Å²) in [6.07, 6.45) is 1.10. The predicted molar refractivity (Wildman–Crippen MR) is 65.0 cm³/mol. The number of sulfonamides is 1. The molecule has 6 nitrogen and oxygen atoms in total. The smallest absolute Gasteiger partial charge is 0.208 e. The maximum Gasteiger partial charge on any atom is 0.208 e. The van der Waals surface area contributed by atoms with Crippen molar-refractivity contribution in [2.75, 3.05) is 30.4 Å². The molecule has 90 valence electrons. The number of aromatic nitrogens is 1. The highest BCUT2D eigenvalue weighted by Gasteiger charge is 2.00. The fraction of sp³-hybridized carbons (Fsp3) is 0.375. The molecule has 0 unspecified atom stereocenters. The molecule has 0 atom stereocenters. The molecule has 8 heteroatoms. The van der Waals surface area contributed by atoms with Gasteiger partial charge in [0.25, 0.3) is 0 Å². The Morgan fingerprint density at radius 1 is 1.44 bits per heavy atom. The van der Waals surface area contributed by atoms with Crippen molar-refractivity contribution in [2.24, 2.45) is 0 Å². The molecule has 0 aliphatic rings. The second-order valence-corrected chi connectivity index (χ2v) is 5.42. The van der Waals surface area contributed by atoms with Gasteiger partial charge in [0.15, 0.2) is 0 Å². The third-order valence-corrected chi connectivity index (χ3v) is 2.53. The van der Waals surface area contributed by atoms with Gasteiger partial charge in [-0.2, -0.15) is 0 Å². The zero-order valence-electron chi connectivity index (χ0n) is 8.70. The van der Waals surface area contributed by atoms with Gasteiger partial charge in [-0.25, -0.2) is 18.1 Å². The third kappa shape index (κ3) is 5.15. The van der Waals surface area contributed by atoms with Gasteiger partial charge in [-0.05, 0) is 6.07 Å². The van der Waals surface area contributed by atoms with Crippen LogP contribution in [0.2, 0.25) is 5.15 Å². The van der Waals surface area contributed by atoms with E-state index in [4.69, 9.17) is 17.3 Å². The van der Waals surface area contributed by atoms with Crippen molar-refractivity contribution < 1.29 is 8.42 Å². The fourth-order valence-electron chi connectivity index (χ4n) is 1.03. The molecule has 0 radical (unpaired) electrons. The molecule has 0 amide bonds. The van der Waals surface area contributed by atoms with Gasteiger partial charge in [-0.15, -0.1) is 0 Å². The Balaban J connectivity index is 2.43. The van der Waals surface area contributed by atoms with E-state index < -0.39 is 10.0 Å². The zero-order valence-corrected chi connectivity index (χ0v) is 10.3. The SMILES string of the molecule is CS(=O)(=O)NCCNc1cc(N)cc(Cl)n1. The first-order valence-corrected chi connectivity index (χ1v) is 6.75. The Morgan fingerprint density at radius 2 is 2.12 bits per heavy atom. The second kappa shape index (κ2) is 5.33. The van der Waals surface area contributed by atoms with Gasteiger partial charge < -0.3 is 11.1 Å². The van der Waals surface area contributed by atoms with Gasteiger partial charge in [0, 0.05) is 24.8 Å². The van der Waals surface area contributed by atoms with E-state index in [2.05, 4.69) is 15.0 Å². The number of hydrogen-bond donors (Lipinski definition) is 3. The van der Waals surface area contributed by atoms with Crippen LogP contribution in [-0.2, 0) is 10.0 Å². The molecule has 0 aliphatic heterocycles. The van der Waals surface area contributed by atoms with Crippen LogP contribution in [0.25, 0.3) is 0 Å². The summed E-state index contributed by atoms with van der Waals surface area (Å²) in [7, 11) is -3.16. The Labute approximate surface area is 99.2 Å². The lowest BCUT2D eigenvalue weighted by Crippen LogP contribution is -2.27. The van der Waals surface area contributed by atoms with Crippen LogP contribution in [0, 0.1) is 0 Å². The minimum Gasteiger partial charge on any atom is -0.399 e. The number of hydrogen-bond acceptors (Lipinski definition) is 5. The highest BCUT2D eigenvalue weighted by Crippen LogP contribution is 2.15. The molecule has 0 bridgehead atoms. The minimum absolute atomic E-state index is 0.271. The number of nitrogens with one attached hydrogen (secondary N) is 2. The number of nitrogen functional groups attached to an aromatic ring is 1. The molecule has 16 heavy (non-hydrogen) atoms. The van der Waals surface area contributed by atoms with Crippen LogP contribution in [0.4, 0.5) is 11.5 Å². The number of nitrogens with zero attached hydrogens (tertiary/aromatic N) is 1. The molecule has 0 aliphatic carbocycles. The van der Waals surface area contributed by atoms with E-state index >= 15 is 0 Å². The van der Waals surface area contributed by atoms with Crippen molar-refractivity contribution in [1.82, 2.24) is 9.71 Å². The molecule has 0 spiro atoms. The number of pyridine rings is 1. The van der Waals surface area contributed by atoms with E-state index in [9.17, 15) is 8.42 Å². The van der Waals surface area contributed by atoms with Gasteiger partial charge in [-0.1, -0.05) is 11.6 Å². The molecule has 0 saturated heterocycles. The minimum atomic E-state index is -3.16. The van der Waals surface area contributed by atoms with Gasteiger partial charge in [0.05, 0.1) is 6.26 Å². The molecule has 0 fully saturated rings. The van der Waals surface area contributed by atoms with E-state index in [0.29, 0.717) is 23.2 Å². The van der Waals surface area contributed by atoms with Gasteiger partial charge in [0.2, 0.25) is 10.0 Å². The average Bonchev–Trinajstić information content (AvgIpc) is 2.09. The van der Waals surface area contributed by atoms with Crippen molar-refractivity contribution >= 4 is 33.1 Å². The Kier molecular flexibility index (Phi) is 4.34. The third-order valence-electron chi connectivity index (χ3n) is 1.61. The summed E-state index contributed by atoms with van der Waals surface area (Å²) >= 11 is 5.69. The highest BCUT2D eigenvalue weighted by molar-refractivity contribution is 7.88. The largest absolute Gasteiger partial charge is 0.399 e. The molecule has 1 aromatic heterocycles. The molecular weight excluding hydrogens is 252 g/mol. The lowest BCUT2D eigenvalue weighted by atomic mass is 10.4. The van der Waals surface area contributed by atoms with Crippen LogP contribution in [0.15, 0.2) is 12.1 Å². The van der Waals surface area contributed by atoms with Crippen LogP contribution >= 0.6 is 11.6 Å². The second-order valence-electron chi connectivity index (χ2n) is 3.20. The maximum absolute atomic E-state index is 10.8. The number of nitrogens with two attached hydrogens (primary N) is 1. The van der Waals surface area contributed by atoms with E-state index in [1.807, 2.05) is 0 Å². The standard InChI is InChI=1S/C8H13ClN4O2S/c1-16(14,15)12-3-2-11-8-5-6(10)4-7(9)13-8/h4-5,12H,2-3H2,1H3,(H3,10,11,13). The number of rotatable bonds is 5. The average molecular weight is 265 g/mol. The van der Waals surface area contributed by atoms with Gasteiger partial charge in [-0.3, -0.25) is 0 Å². The first kappa shape index (κ1) is 13.0. The van der Waals surface area contributed by atoms with Gasteiger partial charge in [0.1, 0.15) is 11.0 Å². The van der Waals surface area contributed by atoms with Crippen LogP contribution in [0.1, 0.15) is 0 Å². The Morgan fingerprint density at radius 3 is 2.69 bits per heavy atom. The van der Waals surface area contributed by atoms with E-state index in [1.54, 1.807) is 6.07 Å². The molecule has 4 N–H and O–H groups in total. The summed E-state index contributed by atoms with van der Waals surface area (Å²) < 4.78 is 23.8. The summed E-state index contributed by atoms with van der Waals surface area (Å²) in [5.74, 6) is 0.514. The van der Waals surface area contributed by atoms with Crippen molar-refractivity contribution in [3.63, 3.8) is 0 Å². The predicted octanol–water partition coefficient (Wildman–Crippen LogP) is 0.278. The van der Waals surface area contributed by atoms with Crippen molar-refractivity contribution in [3.05, 3.63) is 17.3 Å². The van der Waals surface area contributed by atoms with E-state index in [1.165, 1.54) is 6.07 Å². The highest BCUT2D eigenvalue weighted by atomic mass is 35.5. The lowest BCUT2D eigenvalue weighted by Gasteiger charge is -2.07. The molecular formula is C8H13ClN4O2S. The summed E-state index contributed by atoms with van der Waals surface area (Å²) in [4.78, 5) is 3.97. The molecule has 0 saturated carbocycles. The van der Waals surface area contributed by atoms with Crippen molar-refractivity contribution in [3.8, 4) is 0 Å². The summed E-state index contributed by atoms with van der Waals surface area (Å²) in [6.45, 7) is 0.673. The van der Waals surface area contributed by atoms with Crippen LogP contribution in [0.3, 0.4) is 0 Å². The molecule has 1 rings (SSSR count). The maximum atomic E-state index is 10.8. The van der Waals surface area contributed by atoms with Crippen LogP contribution < -0.4 is 15.8 Å². The Bertz CT molecular complexity index is 443. The van der Waals surface area contributed by atoms with E-state index in [0.717, 1.165) is 6.26 Å². The summed E-state index contributed by atoms with van der Waals surface area (Å²) in [5, 5.41) is 3.19. The molecule has 1 heterocycles.